The number of hydrogen-bond acceptors (Lipinski definition) is 3. The number of carboxylic acids is 1. The Morgan fingerprint density at radius 3 is 2.88 bits per heavy atom. The summed E-state index contributed by atoms with van der Waals surface area (Å²) in [6, 6.07) is 3.11. The maximum Gasteiger partial charge on any atom is 0.337 e. The van der Waals surface area contributed by atoms with Crippen LogP contribution in [0.1, 0.15) is 28.9 Å². The Bertz CT molecular complexity index is 441. The van der Waals surface area contributed by atoms with Crippen molar-refractivity contribution in [1.29, 1.82) is 0 Å². The van der Waals surface area contributed by atoms with Crippen LogP contribution in [0.25, 0.3) is 0 Å². The summed E-state index contributed by atoms with van der Waals surface area (Å²) >= 11 is 0. The largest absolute Gasteiger partial charge is 0.478 e. The van der Waals surface area contributed by atoms with Crippen molar-refractivity contribution < 1.29 is 14.7 Å². The predicted molar refractivity (Wildman–Crippen MR) is 60.6 cm³/mol. The van der Waals surface area contributed by atoms with E-state index in [2.05, 4.69) is 10.3 Å². The molecule has 0 aromatic carbocycles. The van der Waals surface area contributed by atoms with Gasteiger partial charge in [-0.05, 0) is 25.0 Å². The van der Waals surface area contributed by atoms with Crippen LogP contribution in [0, 0.1) is 5.92 Å². The Morgan fingerprint density at radius 2 is 2.24 bits per heavy atom. The summed E-state index contributed by atoms with van der Waals surface area (Å²) in [5, 5.41) is 11.7. The van der Waals surface area contributed by atoms with Crippen LogP contribution >= 0.6 is 0 Å². The molecule has 1 aliphatic rings. The van der Waals surface area contributed by atoms with Crippen LogP contribution in [0.3, 0.4) is 0 Å². The lowest BCUT2D eigenvalue weighted by atomic mass is 10.1. The molecule has 1 heterocycles. The zero-order chi connectivity index (χ0) is 12.3. The number of rotatable bonds is 5. The van der Waals surface area contributed by atoms with Crippen molar-refractivity contribution in [2.75, 3.05) is 6.54 Å². The van der Waals surface area contributed by atoms with Gasteiger partial charge in [0.2, 0.25) is 5.91 Å². The van der Waals surface area contributed by atoms with Gasteiger partial charge >= 0.3 is 5.97 Å². The third-order valence-electron chi connectivity index (χ3n) is 2.73. The van der Waals surface area contributed by atoms with Gasteiger partial charge in [-0.3, -0.25) is 9.78 Å². The van der Waals surface area contributed by atoms with E-state index < -0.39 is 5.97 Å². The van der Waals surface area contributed by atoms with E-state index in [1.165, 1.54) is 6.07 Å². The van der Waals surface area contributed by atoms with Gasteiger partial charge in [0, 0.05) is 25.1 Å². The van der Waals surface area contributed by atoms with Crippen LogP contribution in [-0.4, -0.2) is 28.5 Å². The standard InChI is InChI=1S/C12H14N2O3/c15-11(8-3-4-8)14-7-5-10-9(12(16)17)2-1-6-13-10/h1-2,6,8H,3-5,7H2,(H,14,15)(H,16,17). The molecule has 2 rings (SSSR count). The highest BCUT2D eigenvalue weighted by Gasteiger charge is 2.29. The molecule has 1 fully saturated rings. The molecular weight excluding hydrogens is 220 g/mol. The highest BCUT2D eigenvalue weighted by Crippen LogP contribution is 2.28. The number of amides is 1. The molecule has 5 heteroatoms. The Kier molecular flexibility index (Phi) is 3.37. The molecular formula is C12H14N2O3. The Morgan fingerprint density at radius 1 is 1.47 bits per heavy atom. The molecule has 1 aromatic rings. The number of nitrogens with zero attached hydrogens (tertiary/aromatic N) is 1. The maximum atomic E-state index is 11.4. The second kappa shape index (κ2) is 4.95. The zero-order valence-electron chi connectivity index (χ0n) is 9.35. The molecule has 0 radical (unpaired) electrons. The highest BCUT2D eigenvalue weighted by atomic mass is 16.4. The molecule has 1 amide bonds. The molecule has 0 spiro atoms. The maximum absolute atomic E-state index is 11.4. The van der Waals surface area contributed by atoms with E-state index >= 15 is 0 Å². The van der Waals surface area contributed by atoms with E-state index in [0.717, 1.165) is 12.8 Å². The second-order valence-corrected chi connectivity index (χ2v) is 4.12. The second-order valence-electron chi connectivity index (χ2n) is 4.12. The van der Waals surface area contributed by atoms with Crippen molar-refractivity contribution in [3.05, 3.63) is 29.6 Å². The smallest absolute Gasteiger partial charge is 0.337 e. The first-order chi connectivity index (χ1) is 8.18. The molecule has 17 heavy (non-hydrogen) atoms. The molecule has 5 nitrogen and oxygen atoms in total. The van der Waals surface area contributed by atoms with E-state index in [4.69, 9.17) is 5.11 Å². The first-order valence-electron chi connectivity index (χ1n) is 5.63. The zero-order valence-corrected chi connectivity index (χ0v) is 9.35. The average Bonchev–Trinajstić information content (AvgIpc) is 3.13. The van der Waals surface area contributed by atoms with Crippen LogP contribution in [-0.2, 0) is 11.2 Å². The van der Waals surface area contributed by atoms with Gasteiger partial charge in [0.1, 0.15) is 0 Å². The van der Waals surface area contributed by atoms with Crippen LogP contribution in [0.5, 0.6) is 0 Å². The van der Waals surface area contributed by atoms with Crippen molar-refractivity contribution in [2.45, 2.75) is 19.3 Å². The number of hydrogen-bond donors (Lipinski definition) is 2. The summed E-state index contributed by atoms with van der Waals surface area (Å²) in [6.45, 7) is 0.437. The first kappa shape index (κ1) is 11.6. The molecule has 0 atom stereocenters. The minimum atomic E-state index is -0.985. The van der Waals surface area contributed by atoms with Crippen molar-refractivity contribution in [2.24, 2.45) is 5.92 Å². The van der Waals surface area contributed by atoms with Crippen molar-refractivity contribution in [3.63, 3.8) is 0 Å². The summed E-state index contributed by atoms with van der Waals surface area (Å²) in [6.07, 6.45) is 3.94. The molecule has 1 aliphatic carbocycles. The third kappa shape index (κ3) is 3.03. The lowest BCUT2D eigenvalue weighted by Crippen LogP contribution is -2.27. The van der Waals surface area contributed by atoms with Crippen molar-refractivity contribution >= 4 is 11.9 Å². The monoisotopic (exact) mass is 234 g/mol. The van der Waals surface area contributed by atoms with Gasteiger partial charge in [-0.2, -0.15) is 0 Å². The van der Waals surface area contributed by atoms with Crippen molar-refractivity contribution in [3.8, 4) is 0 Å². The lowest BCUT2D eigenvalue weighted by molar-refractivity contribution is -0.122. The molecule has 0 bridgehead atoms. The topological polar surface area (TPSA) is 79.3 Å². The van der Waals surface area contributed by atoms with E-state index in [-0.39, 0.29) is 17.4 Å². The summed E-state index contributed by atoms with van der Waals surface area (Å²) < 4.78 is 0. The van der Waals surface area contributed by atoms with Gasteiger partial charge in [-0.1, -0.05) is 0 Å². The van der Waals surface area contributed by atoms with Gasteiger partial charge < -0.3 is 10.4 Å². The number of aromatic nitrogens is 1. The van der Waals surface area contributed by atoms with Gasteiger partial charge in [-0.25, -0.2) is 4.79 Å². The van der Waals surface area contributed by atoms with E-state index in [1.807, 2.05) is 0 Å². The van der Waals surface area contributed by atoms with Crippen LogP contribution in [0.15, 0.2) is 18.3 Å². The Balaban J connectivity index is 1.89. The van der Waals surface area contributed by atoms with E-state index in [0.29, 0.717) is 18.7 Å². The molecule has 0 unspecified atom stereocenters. The number of nitrogens with one attached hydrogen (secondary N) is 1. The number of carbonyl (C=O) groups excluding carboxylic acids is 1. The van der Waals surface area contributed by atoms with Gasteiger partial charge in [0.25, 0.3) is 0 Å². The Labute approximate surface area is 98.9 Å². The molecule has 90 valence electrons. The fraction of sp³-hybridized carbons (Fsp3) is 0.417. The highest BCUT2D eigenvalue weighted by molar-refractivity contribution is 5.88. The number of carbonyl (C=O) groups is 2. The molecule has 0 aliphatic heterocycles. The average molecular weight is 234 g/mol. The molecule has 2 N–H and O–H groups in total. The Hall–Kier alpha value is -1.91. The van der Waals surface area contributed by atoms with Crippen LogP contribution < -0.4 is 5.32 Å². The van der Waals surface area contributed by atoms with Gasteiger partial charge in [-0.15, -0.1) is 0 Å². The fourth-order valence-electron chi connectivity index (χ4n) is 1.63. The van der Waals surface area contributed by atoms with Crippen LogP contribution in [0.2, 0.25) is 0 Å². The minimum absolute atomic E-state index is 0.0674. The number of carboxylic acid groups (broad SMARTS) is 1. The third-order valence-corrected chi connectivity index (χ3v) is 2.73. The number of pyridine rings is 1. The van der Waals surface area contributed by atoms with E-state index in [9.17, 15) is 9.59 Å². The quantitative estimate of drug-likeness (QED) is 0.791. The van der Waals surface area contributed by atoms with Crippen LogP contribution in [0.4, 0.5) is 0 Å². The molecule has 1 aromatic heterocycles. The molecule has 1 saturated carbocycles. The predicted octanol–water partition coefficient (Wildman–Crippen LogP) is 0.848. The molecule has 0 saturated heterocycles. The van der Waals surface area contributed by atoms with E-state index in [1.54, 1.807) is 12.3 Å². The van der Waals surface area contributed by atoms with Gasteiger partial charge in [0.15, 0.2) is 0 Å². The number of aromatic carboxylic acids is 1. The lowest BCUT2D eigenvalue weighted by Gasteiger charge is -2.06. The SMILES string of the molecule is O=C(O)c1cccnc1CCNC(=O)C1CC1. The van der Waals surface area contributed by atoms with Crippen molar-refractivity contribution in [1.82, 2.24) is 10.3 Å². The summed E-state index contributed by atoms with van der Waals surface area (Å²) in [7, 11) is 0. The summed E-state index contributed by atoms with van der Waals surface area (Å²) in [5.41, 5.74) is 0.712. The van der Waals surface area contributed by atoms with Gasteiger partial charge in [0.05, 0.1) is 11.3 Å². The normalized spacial score (nSPS) is 14.4. The first-order valence-corrected chi connectivity index (χ1v) is 5.63. The summed E-state index contributed by atoms with van der Waals surface area (Å²) in [4.78, 5) is 26.3. The summed E-state index contributed by atoms with van der Waals surface area (Å²) in [5.74, 6) is -0.739. The minimum Gasteiger partial charge on any atom is -0.478 e. The fourth-order valence-corrected chi connectivity index (χ4v) is 1.63.